The molecule has 2 amide bonds. The molecule has 0 unspecified atom stereocenters. The highest BCUT2D eigenvalue weighted by molar-refractivity contribution is 6.33. The largest absolute Gasteiger partial charge is 0.460 e. The third kappa shape index (κ3) is 3.29. The van der Waals surface area contributed by atoms with Crippen molar-refractivity contribution in [2.24, 2.45) is 0 Å². The van der Waals surface area contributed by atoms with Gasteiger partial charge < -0.3 is 20.7 Å². The number of nitrogens with two attached hydrogens (primary N) is 1. The lowest BCUT2D eigenvalue weighted by atomic mass is 10.2. The summed E-state index contributed by atoms with van der Waals surface area (Å²) in [7, 11) is 0. The molecule has 0 atom stereocenters. The number of hydrogen-bond acceptors (Lipinski definition) is 4. The van der Waals surface area contributed by atoms with E-state index in [0.717, 1.165) is 0 Å². The maximum absolute atomic E-state index is 11.7. The molecule has 6 nitrogen and oxygen atoms in total. The number of carbonyl (C=O) groups excluding carboxylic acids is 2. The van der Waals surface area contributed by atoms with Gasteiger partial charge >= 0.3 is 12.0 Å². The second-order valence-electron chi connectivity index (χ2n) is 4.09. The molecule has 1 aliphatic rings. The Morgan fingerprint density at radius 2 is 2.32 bits per heavy atom. The Labute approximate surface area is 115 Å². The van der Waals surface area contributed by atoms with Gasteiger partial charge in [0.15, 0.2) is 0 Å². The summed E-state index contributed by atoms with van der Waals surface area (Å²) in [5.74, 6) is -0.485. The van der Waals surface area contributed by atoms with E-state index < -0.39 is 5.97 Å². The zero-order valence-corrected chi connectivity index (χ0v) is 10.9. The highest BCUT2D eigenvalue weighted by atomic mass is 35.5. The van der Waals surface area contributed by atoms with Gasteiger partial charge in [0, 0.05) is 13.1 Å². The van der Waals surface area contributed by atoms with E-state index in [4.69, 9.17) is 22.1 Å². The van der Waals surface area contributed by atoms with Crippen molar-refractivity contribution in [3.8, 4) is 0 Å². The van der Waals surface area contributed by atoms with Gasteiger partial charge in [-0.15, -0.1) is 0 Å². The van der Waals surface area contributed by atoms with E-state index in [0.29, 0.717) is 35.9 Å². The number of amides is 2. The molecule has 102 valence electrons. The van der Waals surface area contributed by atoms with Crippen LogP contribution in [0.5, 0.6) is 0 Å². The summed E-state index contributed by atoms with van der Waals surface area (Å²) in [4.78, 5) is 24.6. The predicted molar refractivity (Wildman–Crippen MR) is 71.1 cm³/mol. The van der Waals surface area contributed by atoms with E-state index in [9.17, 15) is 9.59 Å². The molecule has 1 aromatic carbocycles. The van der Waals surface area contributed by atoms with Crippen LogP contribution in [-0.4, -0.2) is 43.1 Å². The standard InChI is InChI=1S/C12H14ClN3O3/c13-9-7-8(1-2-10(9)14)11(17)19-6-5-16-4-3-15-12(16)18/h1-2,7H,3-6,14H2,(H,15,18). The van der Waals surface area contributed by atoms with Gasteiger partial charge in [0.05, 0.1) is 22.8 Å². The first-order valence-corrected chi connectivity index (χ1v) is 6.20. The molecule has 2 rings (SSSR count). The molecule has 3 N–H and O–H groups in total. The van der Waals surface area contributed by atoms with E-state index in [1.54, 1.807) is 17.0 Å². The molecule has 0 saturated carbocycles. The lowest BCUT2D eigenvalue weighted by molar-refractivity contribution is 0.0481. The van der Waals surface area contributed by atoms with Crippen LogP contribution >= 0.6 is 11.6 Å². The van der Waals surface area contributed by atoms with Crippen LogP contribution < -0.4 is 11.1 Å². The van der Waals surface area contributed by atoms with Gasteiger partial charge in [0.25, 0.3) is 0 Å². The molecule has 1 aliphatic heterocycles. The van der Waals surface area contributed by atoms with Gasteiger partial charge in [-0.25, -0.2) is 9.59 Å². The Morgan fingerprint density at radius 3 is 2.95 bits per heavy atom. The van der Waals surface area contributed by atoms with Crippen molar-refractivity contribution in [2.45, 2.75) is 0 Å². The van der Waals surface area contributed by atoms with Gasteiger partial charge in [-0.2, -0.15) is 0 Å². The van der Waals surface area contributed by atoms with Crippen molar-refractivity contribution in [1.82, 2.24) is 10.2 Å². The predicted octanol–water partition coefficient (Wildman–Crippen LogP) is 1.10. The Morgan fingerprint density at radius 1 is 1.53 bits per heavy atom. The number of hydrogen-bond donors (Lipinski definition) is 2. The number of benzene rings is 1. The summed E-state index contributed by atoms with van der Waals surface area (Å²) < 4.78 is 5.07. The van der Waals surface area contributed by atoms with E-state index >= 15 is 0 Å². The summed E-state index contributed by atoms with van der Waals surface area (Å²) in [5, 5.41) is 2.98. The molecule has 0 bridgehead atoms. The Balaban J connectivity index is 1.84. The number of nitrogen functional groups attached to an aromatic ring is 1. The maximum atomic E-state index is 11.7. The third-order valence-corrected chi connectivity index (χ3v) is 3.10. The molecule has 1 fully saturated rings. The fraction of sp³-hybridized carbons (Fsp3) is 0.333. The Kier molecular flexibility index (Phi) is 4.11. The smallest absolute Gasteiger partial charge is 0.338 e. The average Bonchev–Trinajstić information content (AvgIpc) is 2.78. The molecule has 19 heavy (non-hydrogen) atoms. The van der Waals surface area contributed by atoms with Crippen LogP contribution in [-0.2, 0) is 4.74 Å². The van der Waals surface area contributed by atoms with E-state index in [1.807, 2.05) is 0 Å². The van der Waals surface area contributed by atoms with Crippen LogP contribution in [0.2, 0.25) is 5.02 Å². The maximum Gasteiger partial charge on any atom is 0.338 e. The molecule has 1 saturated heterocycles. The first-order valence-electron chi connectivity index (χ1n) is 5.83. The average molecular weight is 284 g/mol. The second-order valence-corrected chi connectivity index (χ2v) is 4.50. The second kappa shape index (κ2) is 5.79. The topological polar surface area (TPSA) is 84.7 Å². The fourth-order valence-electron chi connectivity index (χ4n) is 1.71. The minimum atomic E-state index is -0.485. The summed E-state index contributed by atoms with van der Waals surface area (Å²) in [6.07, 6.45) is 0. The van der Waals surface area contributed by atoms with E-state index in [2.05, 4.69) is 5.32 Å². The molecule has 0 spiro atoms. The van der Waals surface area contributed by atoms with Crippen molar-refractivity contribution in [1.29, 1.82) is 0 Å². The number of nitrogens with zero attached hydrogens (tertiary/aromatic N) is 1. The molecular weight excluding hydrogens is 270 g/mol. The molecule has 1 heterocycles. The van der Waals surface area contributed by atoms with Crippen molar-refractivity contribution in [2.75, 3.05) is 32.0 Å². The number of rotatable bonds is 4. The van der Waals surface area contributed by atoms with Gasteiger partial charge in [-0.05, 0) is 18.2 Å². The van der Waals surface area contributed by atoms with Crippen LogP contribution in [0.3, 0.4) is 0 Å². The first kappa shape index (κ1) is 13.5. The summed E-state index contributed by atoms with van der Waals surface area (Å²) in [6, 6.07) is 4.42. The SMILES string of the molecule is Nc1ccc(C(=O)OCCN2CCNC2=O)cc1Cl. The number of nitrogens with one attached hydrogen (secondary N) is 1. The highest BCUT2D eigenvalue weighted by Crippen LogP contribution is 2.20. The van der Waals surface area contributed by atoms with Crippen LogP contribution in [0, 0.1) is 0 Å². The highest BCUT2D eigenvalue weighted by Gasteiger charge is 2.19. The lowest BCUT2D eigenvalue weighted by Gasteiger charge is -2.13. The van der Waals surface area contributed by atoms with Gasteiger partial charge in [0.2, 0.25) is 0 Å². The molecule has 7 heteroatoms. The fourth-order valence-corrected chi connectivity index (χ4v) is 1.89. The Bertz CT molecular complexity index is 507. The number of carbonyl (C=O) groups is 2. The number of halogens is 1. The molecule has 0 aliphatic carbocycles. The summed E-state index contributed by atoms with van der Waals surface area (Å²) in [6.45, 7) is 1.78. The summed E-state index contributed by atoms with van der Waals surface area (Å²) in [5.41, 5.74) is 6.30. The monoisotopic (exact) mass is 283 g/mol. The quantitative estimate of drug-likeness (QED) is 0.640. The minimum absolute atomic E-state index is 0.133. The number of ether oxygens (including phenoxy) is 1. The van der Waals surface area contributed by atoms with E-state index in [1.165, 1.54) is 6.07 Å². The number of anilines is 1. The zero-order chi connectivity index (χ0) is 13.8. The Hall–Kier alpha value is -1.95. The summed E-state index contributed by atoms with van der Waals surface area (Å²) >= 11 is 5.82. The lowest BCUT2D eigenvalue weighted by Crippen LogP contribution is -2.31. The van der Waals surface area contributed by atoms with Crippen molar-refractivity contribution in [3.63, 3.8) is 0 Å². The third-order valence-electron chi connectivity index (χ3n) is 2.78. The van der Waals surface area contributed by atoms with Gasteiger partial charge in [0.1, 0.15) is 6.61 Å². The molecule has 1 aromatic rings. The van der Waals surface area contributed by atoms with Crippen molar-refractivity contribution >= 4 is 29.3 Å². The molecule has 0 radical (unpaired) electrons. The number of urea groups is 1. The van der Waals surface area contributed by atoms with Crippen LogP contribution in [0.25, 0.3) is 0 Å². The first-order chi connectivity index (χ1) is 9.08. The van der Waals surface area contributed by atoms with Crippen LogP contribution in [0.15, 0.2) is 18.2 Å². The van der Waals surface area contributed by atoms with Crippen LogP contribution in [0.1, 0.15) is 10.4 Å². The van der Waals surface area contributed by atoms with Crippen molar-refractivity contribution in [3.05, 3.63) is 28.8 Å². The minimum Gasteiger partial charge on any atom is -0.460 e. The van der Waals surface area contributed by atoms with Gasteiger partial charge in [-0.3, -0.25) is 0 Å². The van der Waals surface area contributed by atoms with Gasteiger partial charge in [-0.1, -0.05) is 11.6 Å². The molecular formula is C12H14ClN3O3. The van der Waals surface area contributed by atoms with Crippen molar-refractivity contribution < 1.29 is 14.3 Å². The zero-order valence-electron chi connectivity index (χ0n) is 10.2. The van der Waals surface area contributed by atoms with Crippen LogP contribution in [0.4, 0.5) is 10.5 Å². The number of esters is 1. The van der Waals surface area contributed by atoms with E-state index in [-0.39, 0.29) is 12.6 Å². The molecule has 0 aromatic heterocycles. The normalized spacial score (nSPS) is 14.4.